The van der Waals surface area contributed by atoms with Crippen LogP contribution in [0.2, 0.25) is 0 Å². The number of hydrogen-bond donors (Lipinski definition) is 1. The third-order valence-electron chi connectivity index (χ3n) is 2.42. The first-order valence-electron chi connectivity index (χ1n) is 5.49. The molecule has 2 rings (SSSR count). The van der Waals surface area contributed by atoms with Crippen LogP contribution in [0.1, 0.15) is 0 Å². The van der Waals surface area contributed by atoms with Crippen LogP contribution in [0.4, 0.5) is 5.82 Å². The Morgan fingerprint density at radius 2 is 2.17 bits per heavy atom. The average molecular weight is 249 g/mol. The molecule has 0 saturated carbocycles. The molecule has 2 aromatic rings. The van der Waals surface area contributed by atoms with E-state index in [1.807, 2.05) is 12.1 Å². The first kappa shape index (κ1) is 12.5. The molecule has 0 spiro atoms. The van der Waals surface area contributed by atoms with Gasteiger partial charge in [0.1, 0.15) is 17.8 Å². The lowest BCUT2D eigenvalue weighted by Gasteiger charge is -2.14. The van der Waals surface area contributed by atoms with Crippen molar-refractivity contribution in [3.05, 3.63) is 30.8 Å². The highest BCUT2D eigenvalue weighted by atomic mass is 16.7. The molecule has 0 aromatic carbocycles. The van der Waals surface area contributed by atoms with Crippen molar-refractivity contribution in [1.29, 1.82) is 0 Å². The first-order chi connectivity index (χ1) is 8.83. The molecule has 0 bridgehead atoms. The zero-order valence-corrected chi connectivity index (χ0v) is 10.3. The third kappa shape index (κ3) is 3.06. The van der Waals surface area contributed by atoms with Gasteiger partial charge in [0, 0.05) is 20.3 Å². The highest BCUT2D eigenvalue weighted by molar-refractivity contribution is 5.56. The molecule has 0 unspecified atom stereocenters. The molecular weight excluding hydrogens is 234 g/mol. The predicted octanol–water partition coefficient (Wildman–Crippen LogP) is 1.77. The molecule has 2 aromatic heterocycles. The number of methoxy groups -OCH3 is 2. The van der Waals surface area contributed by atoms with E-state index in [4.69, 9.17) is 13.9 Å². The summed E-state index contributed by atoms with van der Waals surface area (Å²) >= 11 is 0. The Morgan fingerprint density at radius 1 is 1.33 bits per heavy atom. The van der Waals surface area contributed by atoms with Crippen LogP contribution < -0.4 is 5.32 Å². The van der Waals surface area contributed by atoms with Gasteiger partial charge in [-0.2, -0.15) is 0 Å². The number of furan rings is 1. The average Bonchev–Trinajstić information content (AvgIpc) is 2.94. The second-order valence-electron chi connectivity index (χ2n) is 3.55. The minimum atomic E-state index is -0.313. The van der Waals surface area contributed by atoms with E-state index in [1.165, 1.54) is 6.33 Å². The quantitative estimate of drug-likeness (QED) is 0.787. The number of nitrogens with zero attached hydrogens (tertiary/aromatic N) is 2. The smallest absolute Gasteiger partial charge is 0.173 e. The van der Waals surface area contributed by atoms with Gasteiger partial charge in [-0.25, -0.2) is 9.97 Å². The minimum absolute atomic E-state index is 0.313. The topological polar surface area (TPSA) is 69.4 Å². The summed E-state index contributed by atoms with van der Waals surface area (Å²) in [6, 6.07) is 5.47. The molecule has 6 nitrogen and oxygen atoms in total. The maximum Gasteiger partial charge on any atom is 0.173 e. The molecule has 18 heavy (non-hydrogen) atoms. The molecule has 0 aliphatic heterocycles. The van der Waals surface area contributed by atoms with E-state index < -0.39 is 0 Å². The number of nitrogens with one attached hydrogen (secondary N) is 1. The summed E-state index contributed by atoms with van der Waals surface area (Å²) in [6.45, 7) is 0.502. The number of hydrogen-bond acceptors (Lipinski definition) is 6. The fraction of sp³-hybridized carbons (Fsp3) is 0.333. The first-order valence-corrected chi connectivity index (χ1v) is 5.49. The molecule has 0 atom stereocenters. The Labute approximate surface area is 105 Å². The van der Waals surface area contributed by atoms with Crippen LogP contribution in [-0.2, 0) is 9.47 Å². The molecule has 0 radical (unpaired) electrons. The van der Waals surface area contributed by atoms with E-state index in [0.717, 1.165) is 5.69 Å². The molecule has 6 heteroatoms. The lowest BCUT2D eigenvalue weighted by atomic mass is 10.3. The largest absolute Gasteiger partial charge is 0.463 e. The maximum absolute atomic E-state index is 5.28. The monoisotopic (exact) mass is 249 g/mol. The van der Waals surface area contributed by atoms with E-state index >= 15 is 0 Å². The van der Waals surface area contributed by atoms with Crippen molar-refractivity contribution in [3.63, 3.8) is 0 Å². The standard InChI is InChI=1S/C12H15N3O3/c1-16-12(17-2)7-13-11-6-9(14-8-15-11)10-4-3-5-18-10/h3-6,8,12H,7H2,1-2H3,(H,13,14,15). The Hall–Kier alpha value is -1.92. The fourth-order valence-electron chi connectivity index (χ4n) is 1.46. The summed E-state index contributed by atoms with van der Waals surface area (Å²) < 4.78 is 15.4. The highest BCUT2D eigenvalue weighted by Gasteiger charge is 2.07. The SMILES string of the molecule is COC(CNc1cc(-c2ccco2)ncn1)OC. The van der Waals surface area contributed by atoms with Crippen LogP contribution >= 0.6 is 0 Å². The van der Waals surface area contributed by atoms with Crippen molar-refractivity contribution in [2.45, 2.75) is 6.29 Å². The summed E-state index contributed by atoms with van der Waals surface area (Å²) in [5.41, 5.74) is 0.726. The molecule has 0 aliphatic rings. The van der Waals surface area contributed by atoms with Gasteiger partial charge in [0.25, 0.3) is 0 Å². The molecule has 1 N–H and O–H groups in total. The number of aromatic nitrogens is 2. The van der Waals surface area contributed by atoms with Gasteiger partial charge < -0.3 is 19.2 Å². The van der Waals surface area contributed by atoms with Crippen LogP contribution in [0.3, 0.4) is 0 Å². The second-order valence-corrected chi connectivity index (χ2v) is 3.55. The predicted molar refractivity (Wildman–Crippen MR) is 66.0 cm³/mol. The van der Waals surface area contributed by atoms with Crippen molar-refractivity contribution < 1.29 is 13.9 Å². The van der Waals surface area contributed by atoms with Crippen LogP contribution in [0.15, 0.2) is 35.2 Å². The normalized spacial score (nSPS) is 10.8. The Kier molecular flexibility index (Phi) is 4.27. The van der Waals surface area contributed by atoms with Crippen LogP contribution in [-0.4, -0.2) is 37.0 Å². The van der Waals surface area contributed by atoms with E-state index in [0.29, 0.717) is 18.1 Å². The van der Waals surface area contributed by atoms with E-state index in [-0.39, 0.29) is 6.29 Å². The molecule has 0 amide bonds. The maximum atomic E-state index is 5.28. The Balaban J connectivity index is 2.04. The van der Waals surface area contributed by atoms with E-state index in [2.05, 4.69) is 15.3 Å². The van der Waals surface area contributed by atoms with Crippen molar-refractivity contribution >= 4 is 5.82 Å². The zero-order valence-electron chi connectivity index (χ0n) is 10.3. The van der Waals surface area contributed by atoms with E-state index in [1.54, 1.807) is 26.5 Å². The summed E-state index contributed by atoms with van der Waals surface area (Å²) in [4.78, 5) is 8.26. The number of rotatable bonds is 6. The van der Waals surface area contributed by atoms with Gasteiger partial charge in [0.15, 0.2) is 12.1 Å². The Bertz CT molecular complexity index is 469. The Morgan fingerprint density at radius 3 is 2.83 bits per heavy atom. The van der Waals surface area contributed by atoms with E-state index in [9.17, 15) is 0 Å². The van der Waals surface area contributed by atoms with Crippen LogP contribution in [0.5, 0.6) is 0 Å². The third-order valence-corrected chi connectivity index (χ3v) is 2.42. The highest BCUT2D eigenvalue weighted by Crippen LogP contribution is 2.18. The van der Waals surface area contributed by atoms with Crippen molar-refractivity contribution in [2.75, 3.05) is 26.1 Å². The molecule has 0 aliphatic carbocycles. The van der Waals surface area contributed by atoms with Crippen LogP contribution in [0.25, 0.3) is 11.5 Å². The lowest BCUT2D eigenvalue weighted by Crippen LogP contribution is -2.24. The molecular formula is C12H15N3O3. The van der Waals surface area contributed by atoms with Gasteiger partial charge in [-0.05, 0) is 12.1 Å². The summed E-state index contributed by atoms with van der Waals surface area (Å²) in [7, 11) is 3.17. The van der Waals surface area contributed by atoms with Crippen molar-refractivity contribution in [1.82, 2.24) is 9.97 Å². The molecule has 0 fully saturated rings. The van der Waals surface area contributed by atoms with Crippen molar-refractivity contribution in [3.8, 4) is 11.5 Å². The van der Waals surface area contributed by atoms with Gasteiger partial charge >= 0.3 is 0 Å². The number of anilines is 1. The lowest BCUT2D eigenvalue weighted by molar-refractivity contribution is -0.0914. The number of ether oxygens (including phenoxy) is 2. The molecule has 2 heterocycles. The van der Waals surface area contributed by atoms with Crippen molar-refractivity contribution in [2.24, 2.45) is 0 Å². The minimum Gasteiger partial charge on any atom is -0.463 e. The zero-order chi connectivity index (χ0) is 12.8. The molecule has 96 valence electrons. The van der Waals surface area contributed by atoms with Gasteiger partial charge in [0.05, 0.1) is 12.8 Å². The summed E-state index contributed by atoms with van der Waals surface area (Å²) in [6.07, 6.45) is 2.78. The second kappa shape index (κ2) is 6.13. The van der Waals surface area contributed by atoms with Crippen LogP contribution in [0, 0.1) is 0 Å². The molecule has 0 saturated heterocycles. The summed E-state index contributed by atoms with van der Waals surface area (Å²) in [5, 5.41) is 3.11. The summed E-state index contributed by atoms with van der Waals surface area (Å²) in [5.74, 6) is 1.39. The van der Waals surface area contributed by atoms with Gasteiger partial charge in [-0.15, -0.1) is 0 Å². The van der Waals surface area contributed by atoms with Gasteiger partial charge in [-0.1, -0.05) is 0 Å². The fourth-order valence-corrected chi connectivity index (χ4v) is 1.46. The van der Waals surface area contributed by atoms with Gasteiger partial charge in [0.2, 0.25) is 0 Å². The van der Waals surface area contributed by atoms with Gasteiger partial charge in [-0.3, -0.25) is 0 Å².